The molecular formula is C19H14F6N2O4. The van der Waals surface area contributed by atoms with Gasteiger partial charge in [0, 0.05) is 12.1 Å². The number of anilines is 2. The van der Waals surface area contributed by atoms with E-state index in [4.69, 9.17) is 5.11 Å². The Morgan fingerprint density at radius 2 is 1.39 bits per heavy atom. The molecule has 0 heterocycles. The number of alkyl halides is 6. The van der Waals surface area contributed by atoms with Crippen LogP contribution in [0.3, 0.4) is 0 Å². The first-order valence-electron chi connectivity index (χ1n) is 8.49. The minimum absolute atomic E-state index is 0.0997. The van der Waals surface area contributed by atoms with Gasteiger partial charge in [-0.05, 0) is 42.3 Å². The number of nitrogens with one attached hydrogen (secondary N) is 2. The molecule has 0 saturated heterocycles. The summed E-state index contributed by atoms with van der Waals surface area (Å²) in [7, 11) is 0. The van der Waals surface area contributed by atoms with Gasteiger partial charge in [-0.3, -0.25) is 14.4 Å². The molecule has 0 fully saturated rings. The Balaban J connectivity index is 2.12. The van der Waals surface area contributed by atoms with Crippen LogP contribution in [0.15, 0.2) is 42.5 Å². The van der Waals surface area contributed by atoms with Crippen molar-refractivity contribution in [1.82, 2.24) is 0 Å². The van der Waals surface area contributed by atoms with Gasteiger partial charge in [0.15, 0.2) is 0 Å². The first-order valence-corrected chi connectivity index (χ1v) is 8.49. The van der Waals surface area contributed by atoms with E-state index in [9.17, 15) is 40.7 Å². The molecule has 2 aromatic rings. The van der Waals surface area contributed by atoms with Gasteiger partial charge in [-0.1, -0.05) is 12.1 Å². The van der Waals surface area contributed by atoms with E-state index in [0.29, 0.717) is 17.7 Å². The average Bonchev–Trinajstić information content (AvgIpc) is 2.65. The lowest BCUT2D eigenvalue weighted by atomic mass is 10.1. The molecule has 0 atom stereocenters. The summed E-state index contributed by atoms with van der Waals surface area (Å²) < 4.78 is 77.4. The standard InChI is InChI=1S/C19H14F6N2O4/c20-18(21,22)11-4-7-14(13(9-11)19(23,24)25)27-17(31)16(30)26-12-5-1-10(2-6-12)3-8-15(28)29/h1-2,4-7,9H,3,8H2,(H,26,30)(H,27,31)(H,28,29). The average molecular weight is 448 g/mol. The fourth-order valence-corrected chi connectivity index (χ4v) is 2.44. The third-order valence-corrected chi connectivity index (χ3v) is 3.95. The number of aryl methyl sites for hydroxylation is 1. The van der Waals surface area contributed by atoms with Gasteiger partial charge in [0.1, 0.15) is 0 Å². The summed E-state index contributed by atoms with van der Waals surface area (Å²) in [6.45, 7) is 0. The number of hydrogen-bond donors (Lipinski definition) is 3. The zero-order chi connectivity index (χ0) is 23.4. The van der Waals surface area contributed by atoms with Crippen molar-refractivity contribution in [3.05, 3.63) is 59.2 Å². The summed E-state index contributed by atoms with van der Waals surface area (Å²) in [5.41, 5.74) is -3.60. The minimum Gasteiger partial charge on any atom is -0.481 e. The second-order valence-corrected chi connectivity index (χ2v) is 6.25. The summed E-state index contributed by atoms with van der Waals surface area (Å²) in [5, 5.41) is 12.4. The van der Waals surface area contributed by atoms with Crippen molar-refractivity contribution in [3.8, 4) is 0 Å². The normalized spacial score (nSPS) is 11.7. The molecule has 31 heavy (non-hydrogen) atoms. The lowest BCUT2D eigenvalue weighted by Gasteiger charge is -2.16. The number of aliphatic carboxylic acids is 1. The second kappa shape index (κ2) is 9.06. The summed E-state index contributed by atoms with van der Waals surface area (Å²) in [5.74, 6) is -3.89. The monoisotopic (exact) mass is 448 g/mol. The highest BCUT2D eigenvalue weighted by molar-refractivity contribution is 6.43. The zero-order valence-corrected chi connectivity index (χ0v) is 15.4. The molecule has 0 bridgehead atoms. The molecule has 0 aliphatic heterocycles. The first kappa shape index (κ1) is 23.7. The van der Waals surface area contributed by atoms with Gasteiger partial charge < -0.3 is 15.7 Å². The van der Waals surface area contributed by atoms with E-state index in [1.807, 2.05) is 0 Å². The van der Waals surface area contributed by atoms with Crippen LogP contribution in [0.4, 0.5) is 37.7 Å². The molecule has 6 nitrogen and oxygen atoms in total. The van der Waals surface area contributed by atoms with Crippen LogP contribution in [-0.4, -0.2) is 22.9 Å². The van der Waals surface area contributed by atoms with Gasteiger partial charge in [-0.25, -0.2) is 0 Å². The molecule has 0 aliphatic carbocycles. The van der Waals surface area contributed by atoms with Crippen LogP contribution in [0.1, 0.15) is 23.1 Å². The summed E-state index contributed by atoms with van der Waals surface area (Å²) in [6.07, 6.45) is -10.1. The fourth-order valence-electron chi connectivity index (χ4n) is 2.44. The van der Waals surface area contributed by atoms with Crippen LogP contribution in [-0.2, 0) is 33.2 Å². The molecule has 0 unspecified atom stereocenters. The summed E-state index contributed by atoms with van der Waals surface area (Å²) in [4.78, 5) is 34.4. The van der Waals surface area contributed by atoms with Crippen molar-refractivity contribution in [3.63, 3.8) is 0 Å². The Kier molecular flexibility index (Phi) is 6.93. The number of halogens is 6. The third-order valence-electron chi connectivity index (χ3n) is 3.95. The molecule has 2 amide bonds. The summed E-state index contributed by atoms with van der Waals surface area (Å²) >= 11 is 0. The number of carbonyl (C=O) groups is 3. The van der Waals surface area contributed by atoms with Crippen molar-refractivity contribution in [2.45, 2.75) is 25.2 Å². The molecule has 3 N–H and O–H groups in total. The van der Waals surface area contributed by atoms with Gasteiger partial charge in [-0.2, -0.15) is 26.3 Å². The number of benzene rings is 2. The molecule has 0 spiro atoms. The smallest absolute Gasteiger partial charge is 0.418 e. The highest BCUT2D eigenvalue weighted by Crippen LogP contribution is 2.39. The highest BCUT2D eigenvalue weighted by Gasteiger charge is 2.38. The van der Waals surface area contributed by atoms with Gasteiger partial charge in [0.05, 0.1) is 16.8 Å². The van der Waals surface area contributed by atoms with E-state index in [2.05, 4.69) is 5.32 Å². The molecule has 2 aromatic carbocycles. The zero-order valence-electron chi connectivity index (χ0n) is 15.4. The van der Waals surface area contributed by atoms with Crippen molar-refractivity contribution in [2.24, 2.45) is 0 Å². The van der Waals surface area contributed by atoms with E-state index in [-0.39, 0.29) is 24.6 Å². The van der Waals surface area contributed by atoms with Crippen molar-refractivity contribution in [1.29, 1.82) is 0 Å². The van der Waals surface area contributed by atoms with Crippen molar-refractivity contribution in [2.75, 3.05) is 10.6 Å². The number of carboxylic acids is 1. The molecule has 2 rings (SSSR count). The molecule has 166 valence electrons. The number of amides is 2. The molecule has 0 aromatic heterocycles. The first-order chi connectivity index (χ1) is 14.3. The van der Waals surface area contributed by atoms with Crippen LogP contribution in [0.5, 0.6) is 0 Å². The molecule has 12 heteroatoms. The third kappa shape index (κ3) is 6.73. The molecule has 0 radical (unpaired) electrons. The molecular weight excluding hydrogens is 434 g/mol. The van der Waals surface area contributed by atoms with Crippen LogP contribution in [0, 0.1) is 0 Å². The predicted octanol–water partition coefficient (Wildman–Crippen LogP) is 4.32. The number of carbonyl (C=O) groups excluding carboxylic acids is 2. The topological polar surface area (TPSA) is 95.5 Å². The lowest BCUT2D eigenvalue weighted by Crippen LogP contribution is -2.30. The van der Waals surface area contributed by atoms with Gasteiger partial charge >= 0.3 is 30.1 Å². The van der Waals surface area contributed by atoms with Gasteiger partial charge in [0.2, 0.25) is 0 Å². The number of rotatable bonds is 5. The van der Waals surface area contributed by atoms with Gasteiger partial charge in [0.25, 0.3) is 0 Å². The summed E-state index contributed by atoms with van der Waals surface area (Å²) in [6, 6.07) is 6.25. The molecule has 0 aliphatic rings. The van der Waals surface area contributed by atoms with E-state index < -0.39 is 47.0 Å². The number of carboxylic acid groups (broad SMARTS) is 1. The largest absolute Gasteiger partial charge is 0.481 e. The van der Waals surface area contributed by atoms with Crippen LogP contribution < -0.4 is 10.6 Å². The SMILES string of the molecule is O=C(O)CCc1ccc(NC(=O)C(=O)Nc2ccc(C(F)(F)F)cc2C(F)(F)F)cc1. The van der Waals surface area contributed by atoms with Crippen molar-refractivity contribution < 1.29 is 45.8 Å². The van der Waals surface area contributed by atoms with Crippen molar-refractivity contribution >= 4 is 29.2 Å². The van der Waals surface area contributed by atoms with E-state index in [1.54, 1.807) is 5.32 Å². The second-order valence-electron chi connectivity index (χ2n) is 6.25. The Morgan fingerprint density at radius 3 is 1.90 bits per heavy atom. The van der Waals surface area contributed by atoms with Gasteiger partial charge in [-0.15, -0.1) is 0 Å². The van der Waals surface area contributed by atoms with Crippen LogP contribution in [0.25, 0.3) is 0 Å². The maximum Gasteiger partial charge on any atom is 0.418 e. The lowest BCUT2D eigenvalue weighted by molar-refractivity contribution is -0.143. The Bertz CT molecular complexity index is 984. The number of hydrogen-bond acceptors (Lipinski definition) is 3. The van der Waals surface area contributed by atoms with E-state index >= 15 is 0 Å². The predicted molar refractivity (Wildman–Crippen MR) is 96.1 cm³/mol. The maximum absolute atomic E-state index is 13.1. The van der Waals surface area contributed by atoms with E-state index in [0.717, 1.165) is 0 Å². The van der Waals surface area contributed by atoms with Crippen LogP contribution >= 0.6 is 0 Å². The fraction of sp³-hybridized carbons (Fsp3) is 0.211. The molecule has 0 saturated carbocycles. The quantitative estimate of drug-likeness (QED) is 0.469. The maximum atomic E-state index is 13.1. The van der Waals surface area contributed by atoms with Crippen LogP contribution in [0.2, 0.25) is 0 Å². The Morgan fingerprint density at radius 1 is 0.806 bits per heavy atom. The Labute approximate surface area is 170 Å². The Hall–Kier alpha value is -3.57. The highest BCUT2D eigenvalue weighted by atomic mass is 19.4. The van der Waals surface area contributed by atoms with E-state index in [1.165, 1.54) is 24.3 Å². The minimum atomic E-state index is -5.22.